The van der Waals surface area contributed by atoms with Crippen molar-refractivity contribution in [3.05, 3.63) is 24.5 Å². The van der Waals surface area contributed by atoms with Crippen LogP contribution in [0.2, 0.25) is 0 Å². The number of aromatic nitrogens is 1. The van der Waals surface area contributed by atoms with Crippen molar-refractivity contribution >= 4 is 11.6 Å². The molecule has 0 bridgehead atoms. The normalized spacial score (nSPS) is 17.3. The lowest BCUT2D eigenvalue weighted by Gasteiger charge is -2.20. The Hall–Kier alpha value is -1.38. The number of anilines is 1. The van der Waals surface area contributed by atoms with Crippen LogP contribution in [-0.4, -0.2) is 5.91 Å². The van der Waals surface area contributed by atoms with Crippen LogP contribution in [0.5, 0.6) is 0 Å². The molecule has 1 aliphatic rings. The molecule has 1 heterocycles. The summed E-state index contributed by atoms with van der Waals surface area (Å²) in [6.07, 6.45) is 9.39. The fourth-order valence-corrected chi connectivity index (χ4v) is 2.08. The maximum Gasteiger partial charge on any atom is 0.227 e. The molecule has 1 aromatic rings. The summed E-state index contributed by atoms with van der Waals surface area (Å²) in [5.74, 6) is 0.397. The van der Waals surface area contributed by atoms with E-state index in [1.165, 1.54) is 19.3 Å². The number of nitrogens with one attached hydrogen (secondary N) is 2. The van der Waals surface area contributed by atoms with Crippen LogP contribution in [0.3, 0.4) is 0 Å². The first-order chi connectivity index (χ1) is 7.36. The molecule has 2 N–H and O–H groups in total. The van der Waals surface area contributed by atoms with Gasteiger partial charge in [0.25, 0.3) is 0 Å². The number of hydrogen-bond donors (Lipinski definition) is 1. The maximum atomic E-state index is 11.8. The lowest BCUT2D eigenvalue weighted by molar-refractivity contribution is -0.377. The Morgan fingerprint density at radius 1 is 1.33 bits per heavy atom. The van der Waals surface area contributed by atoms with Crippen LogP contribution in [0.15, 0.2) is 24.5 Å². The Balaban J connectivity index is 1.91. The molecule has 2 rings (SSSR count). The van der Waals surface area contributed by atoms with Crippen molar-refractivity contribution in [2.75, 3.05) is 5.32 Å². The monoisotopic (exact) mass is 205 g/mol. The number of hydrogen-bond acceptors (Lipinski definition) is 1. The van der Waals surface area contributed by atoms with Crippen LogP contribution in [0.25, 0.3) is 0 Å². The smallest absolute Gasteiger partial charge is 0.227 e. The van der Waals surface area contributed by atoms with Gasteiger partial charge in [0.2, 0.25) is 5.91 Å². The van der Waals surface area contributed by atoms with Crippen molar-refractivity contribution in [1.82, 2.24) is 0 Å². The summed E-state index contributed by atoms with van der Waals surface area (Å²) in [6.45, 7) is 0. The van der Waals surface area contributed by atoms with Crippen molar-refractivity contribution in [2.24, 2.45) is 5.92 Å². The first kappa shape index (κ1) is 10.1. The SMILES string of the molecule is O=C(Nc1ccc[nH+]c1)C1CCCCC1. The van der Waals surface area contributed by atoms with Gasteiger partial charge in [-0.15, -0.1) is 0 Å². The average molecular weight is 205 g/mol. The standard InChI is InChI=1S/C12H16N2O/c15-12(10-5-2-1-3-6-10)14-11-7-4-8-13-9-11/h4,7-10H,1-3,5-6H2,(H,14,15)/p+1. The van der Waals surface area contributed by atoms with Crippen LogP contribution in [0, 0.1) is 5.92 Å². The third-order valence-electron chi connectivity index (χ3n) is 2.95. The Labute approximate surface area is 89.9 Å². The van der Waals surface area contributed by atoms with Crippen LogP contribution >= 0.6 is 0 Å². The molecule has 0 aromatic carbocycles. The molecule has 0 aliphatic heterocycles. The third-order valence-corrected chi connectivity index (χ3v) is 2.95. The predicted molar refractivity (Wildman–Crippen MR) is 58.2 cm³/mol. The van der Waals surface area contributed by atoms with E-state index in [2.05, 4.69) is 10.3 Å². The fraction of sp³-hybridized carbons (Fsp3) is 0.500. The summed E-state index contributed by atoms with van der Waals surface area (Å²) in [5, 5.41) is 2.94. The molecule has 80 valence electrons. The van der Waals surface area contributed by atoms with Crippen molar-refractivity contribution in [3.8, 4) is 0 Å². The molecule has 1 aliphatic carbocycles. The van der Waals surface area contributed by atoms with Gasteiger partial charge in [0.05, 0.1) is 0 Å². The first-order valence-electron chi connectivity index (χ1n) is 5.63. The Kier molecular flexibility index (Phi) is 3.33. The van der Waals surface area contributed by atoms with Crippen molar-refractivity contribution in [1.29, 1.82) is 0 Å². The van der Waals surface area contributed by atoms with Crippen molar-refractivity contribution < 1.29 is 9.78 Å². The highest BCUT2D eigenvalue weighted by Crippen LogP contribution is 2.24. The topological polar surface area (TPSA) is 43.2 Å². The van der Waals surface area contributed by atoms with Gasteiger partial charge in [0.15, 0.2) is 12.4 Å². The minimum Gasteiger partial charge on any atom is -0.321 e. The summed E-state index contributed by atoms with van der Waals surface area (Å²) in [5.41, 5.74) is 0.855. The van der Waals surface area contributed by atoms with Crippen molar-refractivity contribution in [2.45, 2.75) is 32.1 Å². The minimum atomic E-state index is 0.175. The van der Waals surface area contributed by atoms with Gasteiger partial charge in [-0.05, 0) is 18.9 Å². The molecule has 15 heavy (non-hydrogen) atoms. The molecular weight excluding hydrogens is 188 g/mol. The molecule has 1 amide bonds. The summed E-state index contributed by atoms with van der Waals surface area (Å²) in [7, 11) is 0. The Bertz CT molecular complexity index is 318. The van der Waals surface area contributed by atoms with Gasteiger partial charge in [-0.2, -0.15) is 0 Å². The van der Waals surface area contributed by atoms with E-state index in [1.54, 1.807) is 6.20 Å². The van der Waals surface area contributed by atoms with Crippen LogP contribution < -0.4 is 10.3 Å². The van der Waals surface area contributed by atoms with Gasteiger partial charge in [-0.25, -0.2) is 4.98 Å². The van der Waals surface area contributed by atoms with Crippen LogP contribution in [0.4, 0.5) is 5.69 Å². The highest BCUT2D eigenvalue weighted by Gasteiger charge is 2.21. The van der Waals surface area contributed by atoms with Gasteiger partial charge < -0.3 is 5.32 Å². The van der Waals surface area contributed by atoms with E-state index in [4.69, 9.17) is 0 Å². The van der Waals surface area contributed by atoms with Gasteiger partial charge >= 0.3 is 0 Å². The van der Waals surface area contributed by atoms with Crippen molar-refractivity contribution in [3.63, 3.8) is 0 Å². The highest BCUT2D eigenvalue weighted by molar-refractivity contribution is 5.92. The first-order valence-corrected chi connectivity index (χ1v) is 5.63. The fourth-order valence-electron chi connectivity index (χ4n) is 2.08. The van der Waals surface area contributed by atoms with Crippen LogP contribution in [0.1, 0.15) is 32.1 Å². The van der Waals surface area contributed by atoms with E-state index in [0.717, 1.165) is 18.5 Å². The highest BCUT2D eigenvalue weighted by atomic mass is 16.1. The van der Waals surface area contributed by atoms with E-state index < -0.39 is 0 Å². The van der Waals surface area contributed by atoms with Gasteiger partial charge in [0.1, 0.15) is 5.69 Å². The number of aromatic amines is 1. The lowest BCUT2D eigenvalue weighted by Crippen LogP contribution is -2.25. The summed E-state index contributed by atoms with van der Waals surface area (Å²) < 4.78 is 0. The molecule has 0 radical (unpaired) electrons. The lowest BCUT2D eigenvalue weighted by atomic mass is 9.88. The third kappa shape index (κ3) is 2.78. The molecule has 1 fully saturated rings. The number of rotatable bonds is 2. The summed E-state index contributed by atoms with van der Waals surface area (Å²) in [4.78, 5) is 14.8. The van der Waals surface area contributed by atoms with Gasteiger partial charge in [-0.1, -0.05) is 19.3 Å². The molecule has 0 saturated heterocycles. The molecule has 0 spiro atoms. The second kappa shape index (κ2) is 4.91. The van der Waals surface area contributed by atoms with E-state index in [0.29, 0.717) is 0 Å². The van der Waals surface area contributed by atoms with E-state index in [9.17, 15) is 4.79 Å². The predicted octanol–water partition coefficient (Wildman–Crippen LogP) is 2.02. The van der Waals surface area contributed by atoms with Gasteiger partial charge in [0, 0.05) is 12.0 Å². The Morgan fingerprint density at radius 3 is 2.80 bits per heavy atom. The largest absolute Gasteiger partial charge is 0.321 e. The second-order valence-electron chi connectivity index (χ2n) is 4.12. The zero-order valence-electron chi connectivity index (χ0n) is 8.83. The van der Waals surface area contributed by atoms with E-state index >= 15 is 0 Å². The number of carbonyl (C=O) groups excluding carboxylic acids is 1. The molecule has 0 atom stereocenters. The number of carbonyl (C=O) groups is 1. The van der Waals surface area contributed by atoms with E-state index in [-0.39, 0.29) is 11.8 Å². The molecule has 0 unspecified atom stereocenters. The maximum absolute atomic E-state index is 11.8. The van der Waals surface area contributed by atoms with Crippen LogP contribution in [-0.2, 0) is 4.79 Å². The molecule has 1 saturated carbocycles. The second-order valence-corrected chi connectivity index (χ2v) is 4.12. The summed E-state index contributed by atoms with van der Waals surface area (Å²) >= 11 is 0. The zero-order valence-corrected chi connectivity index (χ0v) is 8.83. The minimum absolute atomic E-state index is 0.175. The molecule has 3 heteroatoms. The molecular formula is C12H17N2O+. The molecule has 3 nitrogen and oxygen atoms in total. The number of pyridine rings is 1. The Morgan fingerprint density at radius 2 is 2.13 bits per heavy atom. The average Bonchev–Trinajstić information content (AvgIpc) is 2.31. The quantitative estimate of drug-likeness (QED) is 0.788. The number of amides is 1. The molecule has 1 aromatic heterocycles. The zero-order chi connectivity index (χ0) is 10.5. The summed E-state index contributed by atoms with van der Waals surface area (Å²) in [6, 6.07) is 3.79. The van der Waals surface area contributed by atoms with E-state index in [1.807, 2.05) is 18.3 Å². The van der Waals surface area contributed by atoms with Gasteiger partial charge in [-0.3, -0.25) is 4.79 Å². The number of H-pyrrole nitrogens is 1.